The van der Waals surface area contributed by atoms with Crippen molar-refractivity contribution in [1.82, 2.24) is 15.1 Å². The minimum atomic E-state index is 0.630. The number of rotatable bonds is 2. The summed E-state index contributed by atoms with van der Waals surface area (Å²) in [6.07, 6.45) is 5.02. The van der Waals surface area contributed by atoms with Crippen molar-refractivity contribution in [2.75, 3.05) is 6.54 Å². The number of aromatic nitrogens is 2. The molecule has 0 aliphatic carbocycles. The van der Waals surface area contributed by atoms with E-state index in [1.165, 1.54) is 31.5 Å². The molecule has 1 saturated heterocycles. The highest BCUT2D eigenvalue weighted by Crippen LogP contribution is 2.15. The third-order valence-electron chi connectivity index (χ3n) is 2.74. The highest BCUT2D eigenvalue weighted by molar-refractivity contribution is 9.10. The lowest BCUT2D eigenvalue weighted by Gasteiger charge is -2.22. The van der Waals surface area contributed by atoms with E-state index in [9.17, 15) is 0 Å². The summed E-state index contributed by atoms with van der Waals surface area (Å²) in [5, 5.41) is 7.97. The molecule has 2 rings (SSSR count). The first-order valence-corrected chi connectivity index (χ1v) is 5.97. The fourth-order valence-electron chi connectivity index (χ4n) is 1.95. The van der Waals surface area contributed by atoms with Gasteiger partial charge in [0.2, 0.25) is 0 Å². The van der Waals surface area contributed by atoms with E-state index in [1.807, 2.05) is 11.7 Å². The maximum atomic E-state index is 4.43. The molecule has 2 heterocycles. The Kier molecular flexibility index (Phi) is 3.23. The van der Waals surface area contributed by atoms with E-state index in [0.717, 1.165) is 11.0 Å². The van der Waals surface area contributed by atoms with Crippen LogP contribution in [0.3, 0.4) is 0 Å². The molecule has 0 amide bonds. The second-order valence-corrected chi connectivity index (χ2v) is 4.75. The molecule has 1 aromatic heterocycles. The molecule has 1 aliphatic rings. The van der Waals surface area contributed by atoms with Gasteiger partial charge >= 0.3 is 0 Å². The predicted octanol–water partition coefficient (Wildman–Crippen LogP) is 1.87. The average molecular weight is 258 g/mol. The predicted molar refractivity (Wildman–Crippen MR) is 60.3 cm³/mol. The van der Waals surface area contributed by atoms with Gasteiger partial charge in [-0.1, -0.05) is 6.42 Å². The Morgan fingerprint density at radius 3 is 3.07 bits per heavy atom. The van der Waals surface area contributed by atoms with Gasteiger partial charge in [-0.05, 0) is 41.4 Å². The van der Waals surface area contributed by atoms with Crippen molar-refractivity contribution < 1.29 is 0 Å². The third kappa shape index (κ3) is 2.36. The van der Waals surface area contributed by atoms with E-state index in [2.05, 4.69) is 32.4 Å². The summed E-state index contributed by atoms with van der Waals surface area (Å²) in [4.78, 5) is 0. The molecular weight excluding hydrogens is 242 g/mol. The summed E-state index contributed by atoms with van der Waals surface area (Å²) in [7, 11) is 1.96. The normalized spacial score (nSPS) is 22.6. The molecule has 1 fully saturated rings. The van der Waals surface area contributed by atoms with Crippen LogP contribution in [-0.4, -0.2) is 22.4 Å². The number of aryl methyl sites for hydroxylation is 1. The van der Waals surface area contributed by atoms with Gasteiger partial charge in [-0.15, -0.1) is 0 Å². The van der Waals surface area contributed by atoms with E-state index in [1.54, 1.807) is 0 Å². The van der Waals surface area contributed by atoms with E-state index in [-0.39, 0.29) is 0 Å². The molecule has 0 aromatic carbocycles. The Hall–Kier alpha value is -0.350. The van der Waals surface area contributed by atoms with Crippen LogP contribution in [0.4, 0.5) is 0 Å². The molecule has 0 spiro atoms. The first kappa shape index (κ1) is 10.2. The van der Waals surface area contributed by atoms with Crippen LogP contribution in [-0.2, 0) is 13.5 Å². The molecule has 1 N–H and O–H groups in total. The second-order valence-electron chi connectivity index (χ2n) is 3.93. The van der Waals surface area contributed by atoms with Crippen LogP contribution in [0.2, 0.25) is 0 Å². The van der Waals surface area contributed by atoms with Crippen LogP contribution in [0.25, 0.3) is 0 Å². The van der Waals surface area contributed by atoms with Crippen molar-refractivity contribution in [3.8, 4) is 0 Å². The number of piperidine rings is 1. The van der Waals surface area contributed by atoms with E-state index < -0.39 is 0 Å². The highest BCUT2D eigenvalue weighted by atomic mass is 79.9. The number of nitrogens with one attached hydrogen (secondary N) is 1. The molecule has 14 heavy (non-hydrogen) atoms. The first-order valence-electron chi connectivity index (χ1n) is 5.17. The average Bonchev–Trinajstić information content (AvgIpc) is 2.47. The zero-order valence-corrected chi connectivity index (χ0v) is 10.0. The SMILES string of the molecule is Cn1nc(CC2CCCCN2)cc1Br. The van der Waals surface area contributed by atoms with Crippen molar-refractivity contribution in [3.05, 3.63) is 16.4 Å². The molecule has 0 radical (unpaired) electrons. The van der Waals surface area contributed by atoms with Crippen molar-refractivity contribution in [1.29, 1.82) is 0 Å². The minimum Gasteiger partial charge on any atom is -0.314 e. The van der Waals surface area contributed by atoms with Crippen LogP contribution < -0.4 is 5.32 Å². The van der Waals surface area contributed by atoms with Gasteiger partial charge in [0.15, 0.2) is 0 Å². The monoisotopic (exact) mass is 257 g/mol. The molecular formula is C10H16BrN3. The maximum absolute atomic E-state index is 4.43. The number of hydrogen-bond acceptors (Lipinski definition) is 2. The molecule has 1 unspecified atom stereocenters. The Bertz CT molecular complexity index is 283. The molecule has 4 heteroatoms. The summed E-state index contributed by atoms with van der Waals surface area (Å²) in [5.74, 6) is 0. The molecule has 1 aliphatic heterocycles. The van der Waals surface area contributed by atoms with Crippen molar-refractivity contribution in [3.63, 3.8) is 0 Å². The van der Waals surface area contributed by atoms with Crippen molar-refractivity contribution in [2.24, 2.45) is 7.05 Å². The smallest absolute Gasteiger partial charge is 0.104 e. The van der Waals surface area contributed by atoms with Crippen molar-refractivity contribution >= 4 is 15.9 Å². The lowest BCUT2D eigenvalue weighted by molar-refractivity contribution is 0.396. The lowest BCUT2D eigenvalue weighted by Crippen LogP contribution is -2.35. The lowest BCUT2D eigenvalue weighted by atomic mass is 10.0. The van der Waals surface area contributed by atoms with Gasteiger partial charge < -0.3 is 5.32 Å². The van der Waals surface area contributed by atoms with Crippen LogP contribution >= 0.6 is 15.9 Å². The Balaban J connectivity index is 1.95. The number of hydrogen-bond donors (Lipinski definition) is 1. The zero-order valence-electron chi connectivity index (χ0n) is 8.46. The van der Waals surface area contributed by atoms with Crippen LogP contribution in [0, 0.1) is 0 Å². The molecule has 78 valence electrons. The van der Waals surface area contributed by atoms with Crippen LogP contribution in [0.5, 0.6) is 0 Å². The van der Waals surface area contributed by atoms with Crippen LogP contribution in [0.1, 0.15) is 25.0 Å². The van der Waals surface area contributed by atoms with Gasteiger partial charge in [-0.3, -0.25) is 4.68 Å². The fourth-order valence-corrected chi connectivity index (χ4v) is 2.29. The summed E-state index contributed by atoms with van der Waals surface area (Å²) >= 11 is 3.46. The quantitative estimate of drug-likeness (QED) is 0.877. The van der Waals surface area contributed by atoms with E-state index in [0.29, 0.717) is 6.04 Å². The molecule has 1 aromatic rings. The summed E-state index contributed by atoms with van der Waals surface area (Å²) < 4.78 is 2.93. The van der Waals surface area contributed by atoms with E-state index in [4.69, 9.17) is 0 Å². The van der Waals surface area contributed by atoms with Gasteiger partial charge in [0.25, 0.3) is 0 Å². The highest BCUT2D eigenvalue weighted by Gasteiger charge is 2.14. The molecule has 3 nitrogen and oxygen atoms in total. The van der Waals surface area contributed by atoms with Gasteiger partial charge in [0.1, 0.15) is 4.60 Å². The van der Waals surface area contributed by atoms with Crippen molar-refractivity contribution in [2.45, 2.75) is 31.7 Å². The summed E-state index contributed by atoms with van der Waals surface area (Å²) in [6.45, 7) is 1.17. The summed E-state index contributed by atoms with van der Waals surface area (Å²) in [5.41, 5.74) is 1.18. The van der Waals surface area contributed by atoms with Gasteiger partial charge in [0, 0.05) is 19.5 Å². The Morgan fingerprint density at radius 2 is 2.50 bits per heavy atom. The second kappa shape index (κ2) is 4.45. The Morgan fingerprint density at radius 1 is 1.64 bits per heavy atom. The first-order chi connectivity index (χ1) is 6.75. The molecule has 1 atom stereocenters. The third-order valence-corrected chi connectivity index (χ3v) is 3.48. The standard InChI is InChI=1S/C10H16BrN3/c1-14-10(11)7-9(13-14)6-8-4-2-3-5-12-8/h7-8,12H,2-6H2,1H3. The van der Waals surface area contributed by atoms with Gasteiger partial charge in [-0.25, -0.2) is 0 Å². The zero-order chi connectivity index (χ0) is 9.97. The fraction of sp³-hybridized carbons (Fsp3) is 0.700. The van der Waals surface area contributed by atoms with E-state index >= 15 is 0 Å². The topological polar surface area (TPSA) is 29.9 Å². The largest absolute Gasteiger partial charge is 0.314 e. The number of halogens is 1. The van der Waals surface area contributed by atoms with Gasteiger partial charge in [-0.2, -0.15) is 5.10 Å². The number of nitrogens with zero attached hydrogens (tertiary/aromatic N) is 2. The minimum absolute atomic E-state index is 0.630. The Labute approximate surface area is 93.0 Å². The van der Waals surface area contributed by atoms with Gasteiger partial charge in [0.05, 0.1) is 5.69 Å². The molecule has 0 saturated carbocycles. The summed E-state index contributed by atoms with van der Waals surface area (Å²) in [6, 6.07) is 2.74. The maximum Gasteiger partial charge on any atom is 0.104 e. The molecule has 0 bridgehead atoms. The van der Waals surface area contributed by atoms with Crippen LogP contribution in [0.15, 0.2) is 10.7 Å².